The molecule has 1 aromatic carbocycles. The van der Waals surface area contributed by atoms with Gasteiger partial charge in [-0.1, -0.05) is 36.6 Å². The number of hydrogen-bond donors (Lipinski definition) is 0. The summed E-state index contributed by atoms with van der Waals surface area (Å²) in [7, 11) is 0. The Hall–Kier alpha value is -1.11. The second-order valence-corrected chi connectivity index (χ2v) is 5.37. The van der Waals surface area contributed by atoms with E-state index in [0.29, 0.717) is 17.6 Å². The molecular weight excluding hydrogens is 196 g/mol. The van der Waals surface area contributed by atoms with Gasteiger partial charge in [0.1, 0.15) is 0 Å². The van der Waals surface area contributed by atoms with Gasteiger partial charge in [0.15, 0.2) is 5.78 Å². The number of hydrogen-bond acceptors (Lipinski definition) is 1. The molecule has 0 heterocycles. The van der Waals surface area contributed by atoms with E-state index in [9.17, 15) is 4.79 Å². The number of rotatable bonds is 0. The minimum absolute atomic E-state index is 0.373. The zero-order valence-corrected chi connectivity index (χ0v) is 9.83. The molecule has 0 bridgehead atoms. The van der Waals surface area contributed by atoms with Crippen molar-refractivity contribution < 1.29 is 4.79 Å². The molecular formula is C15H18O. The van der Waals surface area contributed by atoms with Gasteiger partial charge in [-0.05, 0) is 37.2 Å². The summed E-state index contributed by atoms with van der Waals surface area (Å²) in [4.78, 5) is 12.1. The van der Waals surface area contributed by atoms with Crippen LogP contribution in [0.2, 0.25) is 0 Å². The van der Waals surface area contributed by atoms with Crippen LogP contribution in [0.3, 0.4) is 0 Å². The highest BCUT2D eigenvalue weighted by Gasteiger charge is 2.35. The molecule has 2 aliphatic rings. The standard InChI is InChI=1S/C15H18O/c1-10-6-7-13-14(8-10)12-5-3-2-4-11(12)9-15(13)16/h6-8,11-12H,2-5,9H2,1H3. The third-order valence-corrected chi connectivity index (χ3v) is 4.26. The maximum Gasteiger partial charge on any atom is 0.163 e. The first-order valence-electron chi connectivity index (χ1n) is 6.39. The smallest absolute Gasteiger partial charge is 0.163 e. The normalized spacial score (nSPS) is 28.4. The number of aryl methyl sites for hydroxylation is 1. The van der Waals surface area contributed by atoms with Gasteiger partial charge in [0.05, 0.1) is 0 Å². The lowest BCUT2D eigenvalue weighted by atomic mass is 9.67. The number of benzene rings is 1. The van der Waals surface area contributed by atoms with Gasteiger partial charge >= 0.3 is 0 Å². The van der Waals surface area contributed by atoms with Crippen LogP contribution in [0.1, 0.15) is 59.5 Å². The van der Waals surface area contributed by atoms with E-state index in [1.807, 2.05) is 6.07 Å². The van der Waals surface area contributed by atoms with E-state index in [4.69, 9.17) is 0 Å². The predicted molar refractivity (Wildman–Crippen MR) is 64.8 cm³/mol. The molecule has 0 saturated heterocycles. The van der Waals surface area contributed by atoms with Crippen LogP contribution in [0.4, 0.5) is 0 Å². The fourth-order valence-corrected chi connectivity index (χ4v) is 3.45. The highest BCUT2D eigenvalue weighted by atomic mass is 16.1. The van der Waals surface area contributed by atoms with Gasteiger partial charge in [-0.15, -0.1) is 0 Å². The summed E-state index contributed by atoms with van der Waals surface area (Å²) in [5.74, 6) is 1.68. The van der Waals surface area contributed by atoms with E-state index in [1.165, 1.54) is 36.8 Å². The fourth-order valence-electron chi connectivity index (χ4n) is 3.45. The van der Waals surface area contributed by atoms with Crippen LogP contribution in [0.5, 0.6) is 0 Å². The lowest BCUT2D eigenvalue weighted by molar-refractivity contribution is 0.0919. The summed E-state index contributed by atoms with van der Waals surface area (Å²) >= 11 is 0. The molecule has 16 heavy (non-hydrogen) atoms. The van der Waals surface area contributed by atoms with Gasteiger partial charge in [0.25, 0.3) is 0 Å². The SMILES string of the molecule is Cc1ccc2c(c1)C1CCCCC1CC2=O. The van der Waals surface area contributed by atoms with Gasteiger partial charge in [0.2, 0.25) is 0 Å². The molecule has 0 radical (unpaired) electrons. The van der Waals surface area contributed by atoms with Crippen molar-refractivity contribution in [2.45, 2.75) is 44.9 Å². The third kappa shape index (κ3) is 1.50. The molecule has 0 spiro atoms. The molecule has 2 unspecified atom stereocenters. The van der Waals surface area contributed by atoms with Crippen LogP contribution < -0.4 is 0 Å². The van der Waals surface area contributed by atoms with E-state index >= 15 is 0 Å². The molecule has 1 heteroatoms. The highest BCUT2D eigenvalue weighted by molar-refractivity contribution is 5.99. The van der Waals surface area contributed by atoms with E-state index in [0.717, 1.165) is 12.0 Å². The molecule has 1 fully saturated rings. The predicted octanol–water partition coefficient (Wildman–Crippen LogP) is 3.86. The molecule has 84 valence electrons. The molecule has 0 aliphatic heterocycles. The van der Waals surface area contributed by atoms with Gasteiger partial charge in [-0.3, -0.25) is 4.79 Å². The van der Waals surface area contributed by atoms with Crippen LogP contribution in [0.15, 0.2) is 18.2 Å². The number of ketones is 1. The monoisotopic (exact) mass is 214 g/mol. The van der Waals surface area contributed by atoms with E-state index in [2.05, 4.69) is 19.1 Å². The first-order chi connectivity index (χ1) is 7.75. The largest absolute Gasteiger partial charge is 0.294 e. The van der Waals surface area contributed by atoms with Crippen molar-refractivity contribution >= 4 is 5.78 Å². The maximum atomic E-state index is 12.1. The van der Waals surface area contributed by atoms with E-state index < -0.39 is 0 Å². The summed E-state index contributed by atoms with van der Waals surface area (Å²) in [6.07, 6.45) is 5.98. The maximum absolute atomic E-state index is 12.1. The zero-order valence-electron chi connectivity index (χ0n) is 9.83. The molecule has 2 aliphatic carbocycles. The van der Waals surface area contributed by atoms with Gasteiger partial charge < -0.3 is 0 Å². The summed E-state index contributed by atoms with van der Waals surface area (Å²) in [5, 5.41) is 0. The zero-order chi connectivity index (χ0) is 11.1. The Morgan fingerprint density at radius 1 is 1.19 bits per heavy atom. The van der Waals surface area contributed by atoms with Crippen molar-refractivity contribution in [3.63, 3.8) is 0 Å². The lowest BCUT2D eigenvalue weighted by Crippen LogP contribution is -2.27. The van der Waals surface area contributed by atoms with E-state index in [-0.39, 0.29) is 0 Å². The summed E-state index contributed by atoms with van der Waals surface area (Å²) in [6.45, 7) is 2.12. The van der Waals surface area contributed by atoms with Crippen molar-refractivity contribution in [3.8, 4) is 0 Å². The lowest BCUT2D eigenvalue weighted by Gasteiger charge is -2.36. The number of carbonyl (C=O) groups excluding carboxylic acids is 1. The molecule has 0 aromatic heterocycles. The molecule has 0 amide bonds. The Morgan fingerprint density at radius 2 is 2.00 bits per heavy atom. The van der Waals surface area contributed by atoms with Gasteiger partial charge in [-0.25, -0.2) is 0 Å². The molecule has 0 N–H and O–H groups in total. The van der Waals surface area contributed by atoms with Crippen molar-refractivity contribution in [1.29, 1.82) is 0 Å². The average molecular weight is 214 g/mol. The number of Topliss-reactive ketones (excluding diaryl/α,β-unsaturated/α-hetero) is 1. The van der Waals surface area contributed by atoms with Crippen LogP contribution in [-0.4, -0.2) is 5.78 Å². The quantitative estimate of drug-likeness (QED) is 0.641. The third-order valence-electron chi connectivity index (χ3n) is 4.26. The van der Waals surface area contributed by atoms with Gasteiger partial charge in [0, 0.05) is 12.0 Å². The molecule has 1 aromatic rings. The highest BCUT2D eigenvalue weighted by Crippen LogP contribution is 2.45. The fraction of sp³-hybridized carbons (Fsp3) is 0.533. The Morgan fingerprint density at radius 3 is 2.88 bits per heavy atom. The van der Waals surface area contributed by atoms with Crippen molar-refractivity contribution in [2.75, 3.05) is 0 Å². The number of fused-ring (bicyclic) bond motifs is 3. The molecule has 1 saturated carbocycles. The van der Waals surface area contributed by atoms with Crippen molar-refractivity contribution in [1.82, 2.24) is 0 Å². The molecule has 2 atom stereocenters. The van der Waals surface area contributed by atoms with Crippen LogP contribution >= 0.6 is 0 Å². The summed E-state index contributed by atoms with van der Waals surface area (Å²) < 4.78 is 0. The second kappa shape index (κ2) is 3.73. The van der Waals surface area contributed by atoms with E-state index in [1.54, 1.807) is 0 Å². The summed E-state index contributed by atoms with van der Waals surface area (Å²) in [6, 6.07) is 6.35. The topological polar surface area (TPSA) is 17.1 Å². The first-order valence-corrected chi connectivity index (χ1v) is 6.39. The Kier molecular flexibility index (Phi) is 2.34. The van der Waals surface area contributed by atoms with Crippen LogP contribution in [-0.2, 0) is 0 Å². The van der Waals surface area contributed by atoms with Gasteiger partial charge in [-0.2, -0.15) is 0 Å². The molecule has 3 rings (SSSR count). The minimum atomic E-state index is 0.373. The second-order valence-electron chi connectivity index (χ2n) is 5.37. The van der Waals surface area contributed by atoms with Crippen molar-refractivity contribution in [2.24, 2.45) is 5.92 Å². The Bertz CT molecular complexity index is 433. The van der Waals surface area contributed by atoms with Crippen LogP contribution in [0, 0.1) is 12.8 Å². The molecule has 1 nitrogen and oxygen atoms in total. The van der Waals surface area contributed by atoms with Crippen LogP contribution in [0.25, 0.3) is 0 Å². The number of carbonyl (C=O) groups is 1. The minimum Gasteiger partial charge on any atom is -0.294 e. The average Bonchev–Trinajstić information content (AvgIpc) is 2.29. The summed E-state index contributed by atoms with van der Waals surface area (Å²) in [5.41, 5.74) is 3.65. The Labute approximate surface area is 96.9 Å². The first kappa shape index (κ1) is 10.1. The Balaban J connectivity index is 2.09. The van der Waals surface area contributed by atoms with Crippen molar-refractivity contribution in [3.05, 3.63) is 34.9 Å².